The zero-order valence-corrected chi connectivity index (χ0v) is 19.6. The van der Waals surface area contributed by atoms with Crippen LogP contribution < -0.4 is 10.4 Å². The van der Waals surface area contributed by atoms with Crippen LogP contribution in [0.4, 0.5) is 8.78 Å². The van der Waals surface area contributed by atoms with Gasteiger partial charge in [0.2, 0.25) is 0 Å². The van der Waals surface area contributed by atoms with Crippen molar-refractivity contribution in [1.29, 1.82) is 0 Å². The van der Waals surface area contributed by atoms with Gasteiger partial charge in [-0.1, -0.05) is 116 Å². The lowest BCUT2D eigenvalue weighted by Crippen LogP contribution is -2.32. The summed E-state index contributed by atoms with van der Waals surface area (Å²) in [5.74, 6) is -2.89. The fraction of sp³-hybridized carbons (Fsp3) is 0.0909. The lowest BCUT2D eigenvalue weighted by atomic mass is 9.84. The van der Waals surface area contributed by atoms with Crippen molar-refractivity contribution in [2.45, 2.75) is 19.3 Å². The smallest absolute Gasteiger partial charge is 0.202 e. The molecular formula is C33H26F2. The van der Waals surface area contributed by atoms with Crippen LogP contribution in [-0.2, 0) is 5.92 Å². The number of fused-ring (bicyclic) bond motifs is 2. The highest BCUT2D eigenvalue weighted by atomic mass is 19.3. The number of alkyl halides is 2. The second-order valence-electron chi connectivity index (χ2n) is 8.86. The summed E-state index contributed by atoms with van der Waals surface area (Å²) in [7, 11) is 0. The second kappa shape index (κ2) is 9.31. The van der Waals surface area contributed by atoms with Crippen molar-refractivity contribution in [2.75, 3.05) is 0 Å². The Morgan fingerprint density at radius 2 is 1.57 bits per heavy atom. The second-order valence-corrected chi connectivity index (χ2v) is 8.86. The van der Waals surface area contributed by atoms with Gasteiger partial charge in [0.05, 0.1) is 0 Å². The maximum absolute atomic E-state index is 14.1. The van der Waals surface area contributed by atoms with Gasteiger partial charge >= 0.3 is 0 Å². The van der Waals surface area contributed by atoms with Crippen LogP contribution in [0.25, 0.3) is 33.5 Å². The molecule has 5 rings (SSSR count). The van der Waals surface area contributed by atoms with Crippen molar-refractivity contribution in [3.05, 3.63) is 143 Å². The van der Waals surface area contributed by atoms with Gasteiger partial charge in [-0.15, -0.1) is 0 Å². The molecule has 0 nitrogen and oxygen atoms in total. The Morgan fingerprint density at radius 3 is 2.40 bits per heavy atom. The van der Waals surface area contributed by atoms with Crippen LogP contribution in [0.1, 0.15) is 24.5 Å². The van der Waals surface area contributed by atoms with Crippen molar-refractivity contribution >= 4 is 22.4 Å². The van der Waals surface area contributed by atoms with E-state index in [1.54, 1.807) is 18.2 Å². The quantitative estimate of drug-likeness (QED) is 0.268. The van der Waals surface area contributed by atoms with E-state index >= 15 is 0 Å². The molecule has 0 aromatic heterocycles. The predicted molar refractivity (Wildman–Crippen MR) is 144 cm³/mol. The summed E-state index contributed by atoms with van der Waals surface area (Å²) in [5.41, 5.74) is 5.34. The summed E-state index contributed by atoms with van der Waals surface area (Å²) in [6, 6.07) is 27.7. The minimum absolute atomic E-state index is 0.0248. The number of halogens is 2. The van der Waals surface area contributed by atoms with E-state index in [1.807, 2.05) is 30.4 Å². The Balaban J connectivity index is 1.84. The number of hydrogen-bond acceptors (Lipinski definition) is 0. The van der Waals surface area contributed by atoms with Crippen LogP contribution >= 0.6 is 0 Å². The van der Waals surface area contributed by atoms with Crippen LogP contribution in [-0.4, -0.2) is 0 Å². The molecule has 0 saturated carbocycles. The molecule has 1 aliphatic rings. The lowest BCUT2D eigenvalue weighted by Gasteiger charge is -2.19. The molecule has 1 aliphatic carbocycles. The molecular weight excluding hydrogens is 434 g/mol. The van der Waals surface area contributed by atoms with Gasteiger partial charge in [0.1, 0.15) is 0 Å². The fourth-order valence-corrected chi connectivity index (χ4v) is 4.86. The Kier molecular flexibility index (Phi) is 6.05. The molecule has 0 saturated heterocycles. The van der Waals surface area contributed by atoms with E-state index in [9.17, 15) is 8.78 Å². The molecule has 172 valence electrons. The SMILES string of the molecule is C=C/C=C\C=C1/CC=c2c(-c3cccc(C(C)(F)F)c3)cccc2=C1c1cccc2ccccc12. The molecule has 0 heterocycles. The first-order valence-corrected chi connectivity index (χ1v) is 11.8. The molecule has 0 amide bonds. The molecule has 0 N–H and O–H groups in total. The molecule has 2 heteroatoms. The van der Waals surface area contributed by atoms with Gasteiger partial charge in [0.15, 0.2) is 0 Å². The normalized spacial score (nSPS) is 14.8. The molecule has 0 spiro atoms. The number of hydrogen-bond donors (Lipinski definition) is 0. The molecule has 0 bridgehead atoms. The fourth-order valence-electron chi connectivity index (χ4n) is 4.86. The van der Waals surface area contributed by atoms with Crippen molar-refractivity contribution < 1.29 is 8.78 Å². The standard InChI is InChI=1S/C33H26F2/c1-3-4-5-12-24-20-21-29-28(25-14-8-15-26(22-25)33(2,34)35)17-10-19-31(29)32(24)30-18-9-13-23-11-6-7-16-27(23)30/h3-19,21-22H,1,20H2,2H3/b5-4-,24-12+. The van der Waals surface area contributed by atoms with Crippen molar-refractivity contribution in [3.8, 4) is 11.1 Å². The largest absolute Gasteiger partial charge is 0.270 e. The maximum Gasteiger partial charge on any atom is 0.270 e. The van der Waals surface area contributed by atoms with E-state index in [4.69, 9.17) is 0 Å². The summed E-state index contributed by atoms with van der Waals surface area (Å²) in [6.45, 7) is 4.73. The van der Waals surface area contributed by atoms with Crippen molar-refractivity contribution in [3.63, 3.8) is 0 Å². The van der Waals surface area contributed by atoms with Crippen LogP contribution in [0.2, 0.25) is 0 Å². The average Bonchev–Trinajstić information content (AvgIpc) is 2.87. The van der Waals surface area contributed by atoms with Crippen LogP contribution in [0.15, 0.2) is 121 Å². The highest BCUT2D eigenvalue weighted by molar-refractivity contribution is 5.98. The van der Waals surface area contributed by atoms with E-state index in [0.29, 0.717) is 0 Å². The molecule has 4 aromatic rings. The minimum atomic E-state index is -2.89. The highest BCUT2D eigenvalue weighted by Crippen LogP contribution is 2.32. The molecule has 0 fully saturated rings. The van der Waals surface area contributed by atoms with E-state index in [1.165, 1.54) is 33.5 Å². The minimum Gasteiger partial charge on any atom is -0.202 e. The van der Waals surface area contributed by atoms with Crippen molar-refractivity contribution in [1.82, 2.24) is 0 Å². The molecule has 0 unspecified atom stereocenters. The van der Waals surface area contributed by atoms with Gasteiger partial charge in [-0.2, -0.15) is 0 Å². The van der Waals surface area contributed by atoms with Gasteiger partial charge in [0.25, 0.3) is 5.92 Å². The predicted octanol–water partition coefficient (Wildman–Crippen LogP) is 7.67. The van der Waals surface area contributed by atoms with E-state index in [-0.39, 0.29) is 5.56 Å². The lowest BCUT2D eigenvalue weighted by molar-refractivity contribution is 0.0175. The first kappa shape index (κ1) is 22.7. The third-order valence-electron chi connectivity index (χ3n) is 6.51. The molecule has 35 heavy (non-hydrogen) atoms. The van der Waals surface area contributed by atoms with Crippen LogP contribution in [0.3, 0.4) is 0 Å². The summed E-state index contributed by atoms with van der Waals surface area (Å²) in [6.07, 6.45) is 10.8. The molecule has 0 atom stereocenters. The average molecular weight is 461 g/mol. The number of allylic oxidation sites excluding steroid dienone is 5. The summed E-state index contributed by atoms with van der Waals surface area (Å²) >= 11 is 0. The summed E-state index contributed by atoms with van der Waals surface area (Å²) < 4.78 is 28.2. The summed E-state index contributed by atoms with van der Waals surface area (Å²) in [4.78, 5) is 0. The Labute approximate surface area is 204 Å². The van der Waals surface area contributed by atoms with Gasteiger partial charge in [0, 0.05) is 12.5 Å². The number of benzene rings is 4. The topological polar surface area (TPSA) is 0 Å². The van der Waals surface area contributed by atoms with Gasteiger partial charge < -0.3 is 0 Å². The zero-order chi connectivity index (χ0) is 24.4. The van der Waals surface area contributed by atoms with Gasteiger partial charge in [-0.25, -0.2) is 8.78 Å². The maximum atomic E-state index is 14.1. The Hall–Kier alpha value is -4.04. The monoisotopic (exact) mass is 460 g/mol. The molecule has 0 aliphatic heterocycles. The van der Waals surface area contributed by atoms with E-state index < -0.39 is 5.92 Å². The Bertz CT molecular complexity index is 1610. The van der Waals surface area contributed by atoms with E-state index in [0.717, 1.165) is 34.9 Å². The first-order valence-electron chi connectivity index (χ1n) is 11.8. The van der Waals surface area contributed by atoms with E-state index in [2.05, 4.69) is 67.3 Å². The van der Waals surface area contributed by atoms with Gasteiger partial charge in [-0.3, -0.25) is 0 Å². The molecule has 4 aromatic carbocycles. The van der Waals surface area contributed by atoms with Crippen LogP contribution in [0, 0.1) is 0 Å². The first-order chi connectivity index (χ1) is 17.0. The van der Waals surface area contributed by atoms with Gasteiger partial charge in [-0.05, 0) is 61.5 Å². The number of rotatable bonds is 5. The third-order valence-corrected chi connectivity index (χ3v) is 6.51. The Morgan fingerprint density at radius 1 is 0.829 bits per heavy atom. The highest BCUT2D eigenvalue weighted by Gasteiger charge is 2.24. The third kappa shape index (κ3) is 4.40. The summed E-state index contributed by atoms with van der Waals surface area (Å²) in [5, 5.41) is 4.56. The van der Waals surface area contributed by atoms with Crippen molar-refractivity contribution in [2.24, 2.45) is 0 Å². The zero-order valence-electron chi connectivity index (χ0n) is 19.6. The van der Waals surface area contributed by atoms with Crippen LogP contribution in [0.5, 0.6) is 0 Å². The molecule has 0 radical (unpaired) electrons.